The number of rotatable bonds is 3. The lowest BCUT2D eigenvalue weighted by atomic mass is 10.3. The highest BCUT2D eigenvalue weighted by molar-refractivity contribution is 5.77. The topological polar surface area (TPSA) is 92.5 Å². The molecule has 0 aliphatic carbocycles. The van der Waals surface area contributed by atoms with E-state index >= 15 is 0 Å². The second kappa shape index (κ2) is 5.36. The molecule has 0 aromatic carbocycles. The number of hydrogen-bond acceptors (Lipinski definition) is 5. The fourth-order valence-electron chi connectivity index (χ4n) is 2.92. The van der Waals surface area contributed by atoms with Crippen molar-refractivity contribution in [3.63, 3.8) is 0 Å². The van der Waals surface area contributed by atoms with Crippen molar-refractivity contribution in [2.45, 2.75) is 27.3 Å². The summed E-state index contributed by atoms with van der Waals surface area (Å²) in [5.41, 5.74) is 1.34. The van der Waals surface area contributed by atoms with E-state index in [9.17, 15) is 14.4 Å². The molecule has 3 heterocycles. The van der Waals surface area contributed by atoms with Crippen LogP contribution >= 0.6 is 0 Å². The van der Waals surface area contributed by atoms with Gasteiger partial charge in [0.15, 0.2) is 11.2 Å². The van der Waals surface area contributed by atoms with Crippen LogP contribution in [-0.2, 0) is 30.2 Å². The molecule has 0 aliphatic heterocycles. The van der Waals surface area contributed by atoms with Gasteiger partial charge in [-0.1, -0.05) is 0 Å². The standard InChI is InChI=1S/C15H19N5O4/c1-6-24-10(21)7-19-8(2)9(3)20-11-12(16-14(19)20)17(4)15(23)18(5)13(11)22/h6-7H2,1-5H3. The van der Waals surface area contributed by atoms with Gasteiger partial charge in [0.05, 0.1) is 6.61 Å². The molecule has 0 atom stereocenters. The molecule has 0 bridgehead atoms. The SMILES string of the molecule is CCOC(=O)Cn1c(C)c(C)n2c3c(=O)n(C)c(=O)n(C)c3nc12. The molecule has 0 N–H and O–H groups in total. The summed E-state index contributed by atoms with van der Waals surface area (Å²) in [5, 5.41) is 0. The molecule has 0 radical (unpaired) electrons. The van der Waals surface area contributed by atoms with Gasteiger partial charge in [0.25, 0.3) is 5.56 Å². The van der Waals surface area contributed by atoms with Gasteiger partial charge in [0.2, 0.25) is 5.78 Å². The zero-order valence-corrected chi connectivity index (χ0v) is 14.3. The Morgan fingerprint density at radius 3 is 2.42 bits per heavy atom. The summed E-state index contributed by atoms with van der Waals surface area (Å²) in [4.78, 5) is 41.0. The highest BCUT2D eigenvalue weighted by Crippen LogP contribution is 2.20. The Labute approximate surface area is 136 Å². The lowest BCUT2D eigenvalue weighted by Gasteiger charge is -2.06. The van der Waals surface area contributed by atoms with E-state index in [2.05, 4.69) is 4.98 Å². The van der Waals surface area contributed by atoms with Crippen LogP contribution in [0.5, 0.6) is 0 Å². The summed E-state index contributed by atoms with van der Waals surface area (Å²) in [5.74, 6) is 0.0540. The Balaban J connectivity index is 2.42. The highest BCUT2D eigenvalue weighted by Gasteiger charge is 2.22. The van der Waals surface area contributed by atoms with Crippen LogP contribution in [0.3, 0.4) is 0 Å². The number of esters is 1. The van der Waals surface area contributed by atoms with E-state index < -0.39 is 11.2 Å². The molecule has 24 heavy (non-hydrogen) atoms. The number of aromatic nitrogens is 5. The zero-order valence-electron chi connectivity index (χ0n) is 14.3. The Morgan fingerprint density at radius 2 is 1.79 bits per heavy atom. The number of hydrogen-bond donors (Lipinski definition) is 0. The third-order valence-electron chi connectivity index (χ3n) is 4.34. The summed E-state index contributed by atoms with van der Waals surface area (Å²) in [6.07, 6.45) is 0. The molecule has 0 spiro atoms. The Morgan fingerprint density at radius 1 is 1.12 bits per heavy atom. The van der Waals surface area contributed by atoms with Crippen LogP contribution in [0.25, 0.3) is 16.9 Å². The molecule has 0 unspecified atom stereocenters. The Hall–Kier alpha value is -2.84. The van der Waals surface area contributed by atoms with E-state index in [4.69, 9.17) is 4.74 Å². The average molecular weight is 333 g/mol. The lowest BCUT2D eigenvalue weighted by molar-refractivity contribution is -0.143. The van der Waals surface area contributed by atoms with Gasteiger partial charge in [-0.3, -0.25) is 23.1 Å². The van der Waals surface area contributed by atoms with Crippen molar-refractivity contribution in [1.29, 1.82) is 0 Å². The number of ether oxygens (including phenoxy) is 1. The minimum absolute atomic E-state index is 0.00536. The van der Waals surface area contributed by atoms with Crippen molar-refractivity contribution in [2.24, 2.45) is 14.1 Å². The second-order valence-corrected chi connectivity index (χ2v) is 5.69. The molecule has 0 saturated heterocycles. The number of nitrogens with zero attached hydrogens (tertiary/aromatic N) is 5. The van der Waals surface area contributed by atoms with Crippen molar-refractivity contribution in [1.82, 2.24) is 23.1 Å². The first-order valence-electron chi connectivity index (χ1n) is 7.59. The molecular formula is C15H19N5O4. The van der Waals surface area contributed by atoms with Gasteiger partial charge in [-0.15, -0.1) is 0 Å². The number of aryl methyl sites for hydroxylation is 2. The van der Waals surface area contributed by atoms with Crippen LogP contribution in [-0.4, -0.2) is 35.7 Å². The summed E-state index contributed by atoms with van der Waals surface area (Å²) >= 11 is 0. The first kappa shape index (κ1) is 16.0. The number of imidazole rings is 2. The van der Waals surface area contributed by atoms with E-state index in [0.29, 0.717) is 23.5 Å². The predicted molar refractivity (Wildman–Crippen MR) is 87.3 cm³/mol. The van der Waals surface area contributed by atoms with E-state index in [1.165, 1.54) is 11.6 Å². The molecule has 9 heteroatoms. The van der Waals surface area contributed by atoms with Crippen molar-refractivity contribution >= 4 is 22.9 Å². The van der Waals surface area contributed by atoms with Gasteiger partial charge in [-0.05, 0) is 20.8 Å². The van der Waals surface area contributed by atoms with Gasteiger partial charge in [-0.25, -0.2) is 4.79 Å². The smallest absolute Gasteiger partial charge is 0.332 e. The van der Waals surface area contributed by atoms with Gasteiger partial charge in [0.1, 0.15) is 6.54 Å². The van der Waals surface area contributed by atoms with Gasteiger partial charge < -0.3 is 9.30 Å². The van der Waals surface area contributed by atoms with Crippen LogP contribution in [0.4, 0.5) is 0 Å². The molecule has 0 fully saturated rings. The van der Waals surface area contributed by atoms with Crippen LogP contribution in [0.1, 0.15) is 18.3 Å². The Kier molecular flexibility index (Phi) is 3.58. The number of carbonyl (C=O) groups is 1. The third kappa shape index (κ3) is 2.00. The minimum atomic E-state index is -0.445. The molecule has 3 aromatic rings. The monoisotopic (exact) mass is 333 g/mol. The lowest BCUT2D eigenvalue weighted by Crippen LogP contribution is -2.37. The minimum Gasteiger partial charge on any atom is -0.465 e. The van der Waals surface area contributed by atoms with Crippen molar-refractivity contribution < 1.29 is 9.53 Å². The van der Waals surface area contributed by atoms with E-state index in [0.717, 1.165) is 16.0 Å². The van der Waals surface area contributed by atoms with Gasteiger partial charge >= 0.3 is 11.7 Å². The maximum Gasteiger partial charge on any atom is 0.332 e. The Bertz CT molecular complexity index is 1100. The maximum atomic E-state index is 12.6. The molecule has 3 aromatic heterocycles. The second-order valence-electron chi connectivity index (χ2n) is 5.69. The molecule has 0 saturated carbocycles. The third-order valence-corrected chi connectivity index (χ3v) is 4.34. The van der Waals surface area contributed by atoms with Crippen molar-refractivity contribution in [3.05, 3.63) is 32.2 Å². The fourth-order valence-corrected chi connectivity index (χ4v) is 2.92. The van der Waals surface area contributed by atoms with Gasteiger partial charge in [-0.2, -0.15) is 4.98 Å². The van der Waals surface area contributed by atoms with E-state index in [1.54, 1.807) is 22.9 Å². The van der Waals surface area contributed by atoms with E-state index in [1.807, 2.05) is 13.8 Å². The normalized spacial score (nSPS) is 11.5. The molecule has 3 rings (SSSR count). The van der Waals surface area contributed by atoms with E-state index in [-0.39, 0.29) is 12.5 Å². The number of fused-ring (bicyclic) bond motifs is 3. The van der Waals surface area contributed by atoms with Gasteiger partial charge in [0, 0.05) is 25.5 Å². The highest BCUT2D eigenvalue weighted by atomic mass is 16.5. The zero-order chi connectivity index (χ0) is 17.8. The summed E-state index contributed by atoms with van der Waals surface area (Å²) in [7, 11) is 3.00. The number of carbonyl (C=O) groups excluding carboxylic acids is 1. The van der Waals surface area contributed by atoms with Crippen molar-refractivity contribution in [2.75, 3.05) is 6.61 Å². The quantitative estimate of drug-likeness (QED) is 0.622. The molecule has 128 valence electrons. The first-order valence-corrected chi connectivity index (χ1v) is 7.59. The summed E-state index contributed by atoms with van der Waals surface area (Å²) in [6.45, 7) is 5.72. The molecular weight excluding hydrogens is 314 g/mol. The largest absolute Gasteiger partial charge is 0.465 e. The maximum absolute atomic E-state index is 12.6. The molecule has 0 aliphatic rings. The van der Waals surface area contributed by atoms with Crippen molar-refractivity contribution in [3.8, 4) is 0 Å². The summed E-state index contributed by atoms with van der Waals surface area (Å²) < 4.78 is 10.8. The van der Waals surface area contributed by atoms with Crippen LogP contribution in [0, 0.1) is 13.8 Å². The molecule has 9 nitrogen and oxygen atoms in total. The fraction of sp³-hybridized carbons (Fsp3) is 0.467. The van der Waals surface area contributed by atoms with Crippen LogP contribution in [0.15, 0.2) is 9.59 Å². The first-order chi connectivity index (χ1) is 11.3. The predicted octanol–water partition coefficient (Wildman–Crippen LogP) is -0.134. The molecule has 0 amide bonds. The average Bonchev–Trinajstić information content (AvgIpc) is 3.03. The van der Waals surface area contributed by atoms with Crippen LogP contribution < -0.4 is 11.2 Å². The summed E-state index contributed by atoms with van der Waals surface area (Å²) in [6, 6.07) is 0. The van der Waals surface area contributed by atoms with Crippen LogP contribution in [0.2, 0.25) is 0 Å².